The Morgan fingerprint density at radius 1 is 1.03 bits per heavy atom. The molecule has 0 spiro atoms. The van der Waals surface area contributed by atoms with Crippen LogP contribution in [0.2, 0.25) is 5.02 Å². The Bertz CT molecular complexity index is 1240. The average molecular weight is 478 g/mol. The Labute approximate surface area is 204 Å². The highest BCUT2D eigenvalue weighted by atomic mass is 35.5. The van der Waals surface area contributed by atoms with Crippen LogP contribution in [0.1, 0.15) is 35.7 Å². The maximum atomic E-state index is 13.5. The molecule has 176 valence electrons. The molecule has 1 heterocycles. The van der Waals surface area contributed by atoms with Crippen LogP contribution < -0.4 is 4.90 Å². The summed E-state index contributed by atoms with van der Waals surface area (Å²) < 4.78 is 0. The Morgan fingerprint density at radius 3 is 2.56 bits per heavy atom. The van der Waals surface area contributed by atoms with E-state index in [0.29, 0.717) is 22.8 Å². The largest absolute Gasteiger partial charge is 0.329 e. The first kappa shape index (κ1) is 23.8. The number of halogens is 1. The lowest BCUT2D eigenvalue weighted by Gasteiger charge is -2.26. The van der Waals surface area contributed by atoms with Crippen molar-refractivity contribution < 1.29 is 14.4 Å². The fraction of sp³-hybridized carbons (Fsp3) is 0.296. The molecule has 4 rings (SSSR count). The lowest BCUT2D eigenvalue weighted by atomic mass is 10.0. The smallest absolute Gasteiger partial charge is 0.254 e. The second kappa shape index (κ2) is 10.3. The van der Waals surface area contributed by atoms with Gasteiger partial charge < -0.3 is 9.80 Å². The quantitative estimate of drug-likeness (QED) is 0.487. The molecule has 0 aromatic heterocycles. The van der Waals surface area contributed by atoms with Crippen LogP contribution in [0.15, 0.2) is 60.7 Å². The minimum Gasteiger partial charge on any atom is -0.329 e. The minimum atomic E-state index is -0.250. The number of hydrogen-bond donors (Lipinski definition) is 0. The summed E-state index contributed by atoms with van der Waals surface area (Å²) >= 11 is 6.23. The molecular formula is C27H28ClN3O3. The van der Waals surface area contributed by atoms with E-state index in [1.165, 1.54) is 4.90 Å². The number of nitrogens with zero attached hydrogens (tertiary/aromatic N) is 3. The highest BCUT2D eigenvalue weighted by Crippen LogP contribution is 2.29. The number of amides is 3. The van der Waals surface area contributed by atoms with E-state index in [4.69, 9.17) is 11.6 Å². The molecule has 0 N–H and O–H groups in total. The molecule has 7 heteroatoms. The highest BCUT2D eigenvalue weighted by Gasteiger charge is 2.34. The Morgan fingerprint density at radius 2 is 1.76 bits per heavy atom. The normalized spacial score (nSPS) is 13.6. The molecule has 0 atom stereocenters. The number of rotatable bonds is 7. The van der Waals surface area contributed by atoms with Crippen molar-refractivity contribution in [3.63, 3.8) is 0 Å². The fourth-order valence-corrected chi connectivity index (χ4v) is 4.43. The summed E-state index contributed by atoms with van der Waals surface area (Å²) in [6.45, 7) is 4.43. The van der Waals surface area contributed by atoms with E-state index in [1.54, 1.807) is 28.0 Å². The zero-order valence-electron chi connectivity index (χ0n) is 19.5. The van der Waals surface area contributed by atoms with E-state index in [0.717, 1.165) is 29.2 Å². The summed E-state index contributed by atoms with van der Waals surface area (Å²) in [6, 6.07) is 18.8. The van der Waals surface area contributed by atoms with Crippen LogP contribution in [0, 0.1) is 6.92 Å². The van der Waals surface area contributed by atoms with E-state index in [-0.39, 0.29) is 37.5 Å². The number of hydrogen-bond acceptors (Lipinski definition) is 3. The second-order valence-electron chi connectivity index (χ2n) is 8.55. The van der Waals surface area contributed by atoms with Crippen molar-refractivity contribution in [1.29, 1.82) is 0 Å². The van der Waals surface area contributed by atoms with Crippen LogP contribution in [0.25, 0.3) is 10.8 Å². The summed E-state index contributed by atoms with van der Waals surface area (Å²) in [7, 11) is 0. The predicted molar refractivity (Wildman–Crippen MR) is 135 cm³/mol. The van der Waals surface area contributed by atoms with Gasteiger partial charge in [-0.1, -0.05) is 67.4 Å². The topological polar surface area (TPSA) is 60.9 Å². The molecule has 1 aliphatic rings. The molecule has 3 amide bonds. The number of benzene rings is 3. The van der Waals surface area contributed by atoms with Crippen molar-refractivity contribution in [2.45, 2.75) is 26.7 Å². The highest BCUT2D eigenvalue weighted by molar-refractivity contribution is 6.31. The van der Waals surface area contributed by atoms with Crippen LogP contribution in [0.3, 0.4) is 0 Å². The van der Waals surface area contributed by atoms with Crippen LogP contribution in [0.4, 0.5) is 5.69 Å². The van der Waals surface area contributed by atoms with Gasteiger partial charge in [0.05, 0.1) is 0 Å². The number of carbonyl (C=O) groups is 3. The molecule has 0 aliphatic carbocycles. The van der Waals surface area contributed by atoms with Gasteiger partial charge in [-0.25, -0.2) is 0 Å². The first-order chi connectivity index (χ1) is 16.4. The Kier molecular flexibility index (Phi) is 7.17. The van der Waals surface area contributed by atoms with Gasteiger partial charge in [0.2, 0.25) is 11.8 Å². The minimum absolute atomic E-state index is 0.0190. The van der Waals surface area contributed by atoms with Gasteiger partial charge in [-0.2, -0.15) is 0 Å². The third kappa shape index (κ3) is 4.77. The van der Waals surface area contributed by atoms with Crippen molar-refractivity contribution >= 4 is 45.8 Å². The Balaban J connectivity index is 1.53. The first-order valence-corrected chi connectivity index (χ1v) is 11.9. The summed E-state index contributed by atoms with van der Waals surface area (Å²) in [5.41, 5.74) is 2.07. The van der Waals surface area contributed by atoms with Crippen molar-refractivity contribution in [2.75, 3.05) is 31.2 Å². The van der Waals surface area contributed by atoms with E-state index in [1.807, 2.05) is 56.3 Å². The van der Waals surface area contributed by atoms with Gasteiger partial charge in [-0.3, -0.25) is 19.3 Å². The molecule has 6 nitrogen and oxygen atoms in total. The van der Waals surface area contributed by atoms with Gasteiger partial charge in [0, 0.05) is 22.8 Å². The monoisotopic (exact) mass is 477 g/mol. The lowest BCUT2D eigenvalue weighted by Crippen LogP contribution is -2.43. The standard InChI is InChI=1S/C27H28ClN3O3/c1-3-4-15-29(27(34)22-12-7-10-20-9-5-6-11-21(20)22)16-25(32)30-17-26(33)31(18-30)24-14-8-13-23(28)19(24)2/h5-14H,3-4,15-18H2,1-2H3. The second-order valence-corrected chi connectivity index (χ2v) is 8.95. The van der Waals surface area contributed by atoms with Crippen molar-refractivity contribution in [1.82, 2.24) is 9.80 Å². The lowest BCUT2D eigenvalue weighted by molar-refractivity contribution is -0.132. The van der Waals surface area contributed by atoms with Crippen LogP contribution in [-0.4, -0.2) is 53.8 Å². The van der Waals surface area contributed by atoms with E-state index >= 15 is 0 Å². The number of unbranched alkanes of at least 4 members (excludes halogenated alkanes) is 1. The average Bonchev–Trinajstić information content (AvgIpc) is 3.24. The van der Waals surface area contributed by atoms with Gasteiger partial charge >= 0.3 is 0 Å². The zero-order valence-corrected chi connectivity index (χ0v) is 20.2. The molecule has 1 aliphatic heterocycles. The number of carbonyl (C=O) groups excluding carboxylic acids is 3. The molecule has 34 heavy (non-hydrogen) atoms. The van der Waals surface area contributed by atoms with Crippen LogP contribution in [0.5, 0.6) is 0 Å². The summed E-state index contributed by atoms with van der Waals surface area (Å²) in [5.74, 6) is -0.592. The van der Waals surface area contributed by atoms with Crippen molar-refractivity contribution in [3.05, 3.63) is 76.8 Å². The zero-order chi connectivity index (χ0) is 24.2. The third-order valence-corrected chi connectivity index (χ3v) is 6.65. The summed E-state index contributed by atoms with van der Waals surface area (Å²) in [4.78, 5) is 44.1. The first-order valence-electron chi connectivity index (χ1n) is 11.5. The number of anilines is 1. The SMILES string of the molecule is CCCCN(CC(=O)N1CC(=O)N(c2cccc(Cl)c2C)C1)C(=O)c1cccc2ccccc12. The molecule has 3 aromatic rings. The molecular weight excluding hydrogens is 450 g/mol. The van der Waals surface area contributed by atoms with E-state index in [2.05, 4.69) is 0 Å². The fourth-order valence-electron chi connectivity index (χ4n) is 4.26. The Hall–Kier alpha value is -3.38. The van der Waals surface area contributed by atoms with Gasteiger partial charge in [0.15, 0.2) is 0 Å². The molecule has 0 saturated carbocycles. The maximum absolute atomic E-state index is 13.5. The van der Waals surface area contributed by atoms with Crippen LogP contribution >= 0.6 is 11.6 Å². The third-order valence-electron chi connectivity index (χ3n) is 6.24. The summed E-state index contributed by atoms with van der Waals surface area (Å²) in [5, 5.41) is 2.41. The predicted octanol–water partition coefficient (Wildman–Crippen LogP) is 4.88. The van der Waals surface area contributed by atoms with Crippen LogP contribution in [-0.2, 0) is 9.59 Å². The molecule has 1 fully saturated rings. The van der Waals surface area contributed by atoms with Gasteiger partial charge in [-0.05, 0) is 47.9 Å². The van der Waals surface area contributed by atoms with Crippen molar-refractivity contribution in [2.24, 2.45) is 0 Å². The summed E-state index contributed by atoms with van der Waals surface area (Å²) in [6.07, 6.45) is 1.69. The molecule has 3 aromatic carbocycles. The molecule has 0 radical (unpaired) electrons. The van der Waals surface area contributed by atoms with Crippen molar-refractivity contribution in [3.8, 4) is 0 Å². The van der Waals surface area contributed by atoms with E-state index in [9.17, 15) is 14.4 Å². The van der Waals surface area contributed by atoms with Gasteiger partial charge in [0.1, 0.15) is 19.8 Å². The number of fused-ring (bicyclic) bond motifs is 1. The van der Waals surface area contributed by atoms with Gasteiger partial charge in [0.25, 0.3) is 5.91 Å². The molecule has 1 saturated heterocycles. The van der Waals surface area contributed by atoms with E-state index < -0.39 is 0 Å². The molecule has 0 unspecified atom stereocenters. The molecule has 0 bridgehead atoms. The maximum Gasteiger partial charge on any atom is 0.254 e. The van der Waals surface area contributed by atoms with Gasteiger partial charge in [-0.15, -0.1) is 0 Å².